The molecule has 0 saturated carbocycles. The third kappa shape index (κ3) is 3.48. The van der Waals surface area contributed by atoms with Gasteiger partial charge >= 0.3 is 0 Å². The summed E-state index contributed by atoms with van der Waals surface area (Å²) in [5.74, 6) is 0. The first kappa shape index (κ1) is 11.2. The molecule has 2 heteroatoms. The predicted octanol–water partition coefficient (Wildman–Crippen LogP) is 1.86. The second-order valence-corrected chi connectivity index (χ2v) is 3.66. The Bertz CT molecular complexity index is 269. The Morgan fingerprint density at radius 3 is 2.79 bits per heavy atom. The maximum absolute atomic E-state index is 9.00. The van der Waals surface area contributed by atoms with Crippen LogP contribution in [0.4, 0.5) is 0 Å². The number of benzene rings is 1. The molecule has 0 saturated heterocycles. The van der Waals surface area contributed by atoms with Crippen LogP contribution in [0.25, 0.3) is 0 Å². The van der Waals surface area contributed by atoms with Gasteiger partial charge in [-0.15, -0.1) is 0 Å². The third-order valence-corrected chi connectivity index (χ3v) is 2.39. The molecule has 0 aliphatic heterocycles. The monoisotopic (exact) mass is 193 g/mol. The number of aliphatic hydroxyl groups excluding tert-OH is 1. The normalized spacial score (nSPS) is 12.8. The number of aryl methyl sites for hydroxylation is 1. The molecule has 0 unspecified atom stereocenters. The summed E-state index contributed by atoms with van der Waals surface area (Å²) in [5, 5.41) is 12.3. The molecule has 1 aromatic rings. The van der Waals surface area contributed by atoms with Crippen LogP contribution in [0, 0.1) is 6.92 Å². The van der Waals surface area contributed by atoms with Crippen molar-refractivity contribution >= 4 is 0 Å². The molecule has 0 heterocycles. The van der Waals surface area contributed by atoms with Gasteiger partial charge in [0.15, 0.2) is 0 Å². The highest BCUT2D eigenvalue weighted by Gasteiger charge is 2.02. The molecule has 2 N–H and O–H groups in total. The van der Waals surface area contributed by atoms with Crippen LogP contribution in [0.1, 0.15) is 24.5 Å². The van der Waals surface area contributed by atoms with E-state index in [1.54, 1.807) is 0 Å². The largest absolute Gasteiger partial charge is 0.395 e. The Hall–Kier alpha value is -0.860. The highest BCUT2D eigenvalue weighted by Crippen LogP contribution is 2.04. The summed E-state index contributed by atoms with van der Waals surface area (Å²) in [5.41, 5.74) is 2.55. The van der Waals surface area contributed by atoms with Crippen molar-refractivity contribution in [3.63, 3.8) is 0 Å². The SMILES string of the molecule is CC[C@@H](CO)NCc1cccc(C)c1. The maximum Gasteiger partial charge on any atom is 0.0584 e. The van der Waals surface area contributed by atoms with Crippen LogP contribution in [0.15, 0.2) is 24.3 Å². The molecule has 14 heavy (non-hydrogen) atoms. The van der Waals surface area contributed by atoms with Gasteiger partial charge in [0.1, 0.15) is 0 Å². The number of rotatable bonds is 5. The molecule has 0 bridgehead atoms. The highest BCUT2D eigenvalue weighted by molar-refractivity contribution is 5.21. The van der Waals surface area contributed by atoms with Gasteiger partial charge in [-0.25, -0.2) is 0 Å². The average molecular weight is 193 g/mol. The lowest BCUT2D eigenvalue weighted by Crippen LogP contribution is -2.31. The number of nitrogens with one attached hydrogen (secondary N) is 1. The van der Waals surface area contributed by atoms with Crippen LogP contribution in [0.3, 0.4) is 0 Å². The van der Waals surface area contributed by atoms with Crippen molar-refractivity contribution in [3.05, 3.63) is 35.4 Å². The first-order valence-electron chi connectivity index (χ1n) is 5.16. The predicted molar refractivity (Wildman–Crippen MR) is 59.2 cm³/mol. The van der Waals surface area contributed by atoms with E-state index in [2.05, 4.69) is 43.4 Å². The fraction of sp³-hybridized carbons (Fsp3) is 0.500. The quantitative estimate of drug-likeness (QED) is 0.748. The van der Waals surface area contributed by atoms with E-state index in [0.717, 1.165) is 13.0 Å². The zero-order valence-electron chi connectivity index (χ0n) is 8.96. The van der Waals surface area contributed by atoms with E-state index < -0.39 is 0 Å². The van der Waals surface area contributed by atoms with Gasteiger partial charge in [0.05, 0.1) is 6.61 Å². The van der Waals surface area contributed by atoms with Gasteiger partial charge in [0.25, 0.3) is 0 Å². The smallest absolute Gasteiger partial charge is 0.0584 e. The fourth-order valence-electron chi connectivity index (χ4n) is 1.42. The second kappa shape index (κ2) is 5.78. The molecule has 0 aliphatic rings. The van der Waals surface area contributed by atoms with Gasteiger partial charge in [-0.1, -0.05) is 36.8 Å². The molecule has 1 atom stereocenters. The first-order valence-corrected chi connectivity index (χ1v) is 5.16. The first-order chi connectivity index (χ1) is 6.76. The molecule has 0 amide bonds. The van der Waals surface area contributed by atoms with Crippen LogP contribution in [-0.4, -0.2) is 17.8 Å². The Balaban J connectivity index is 2.44. The summed E-state index contributed by atoms with van der Waals surface area (Å²) < 4.78 is 0. The Morgan fingerprint density at radius 1 is 1.43 bits per heavy atom. The summed E-state index contributed by atoms with van der Waals surface area (Å²) in [6.45, 7) is 5.21. The molecule has 1 aromatic carbocycles. The summed E-state index contributed by atoms with van der Waals surface area (Å²) in [6, 6.07) is 8.64. The van der Waals surface area contributed by atoms with E-state index in [9.17, 15) is 0 Å². The molecule has 0 aliphatic carbocycles. The molecule has 0 spiro atoms. The Kier molecular flexibility index (Phi) is 4.63. The minimum absolute atomic E-state index is 0.211. The van der Waals surface area contributed by atoms with Crippen molar-refractivity contribution in [1.29, 1.82) is 0 Å². The summed E-state index contributed by atoms with van der Waals surface area (Å²) in [4.78, 5) is 0. The Morgan fingerprint density at radius 2 is 2.21 bits per heavy atom. The topological polar surface area (TPSA) is 32.3 Å². The Labute approximate surface area is 86.0 Å². The van der Waals surface area contributed by atoms with E-state index in [1.807, 2.05) is 0 Å². The summed E-state index contributed by atoms with van der Waals surface area (Å²) in [7, 11) is 0. The number of hydrogen-bond acceptors (Lipinski definition) is 2. The number of hydrogen-bond donors (Lipinski definition) is 2. The molecule has 1 rings (SSSR count). The minimum atomic E-state index is 0.211. The summed E-state index contributed by atoms with van der Waals surface area (Å²) in [6.07, 6.45) is 0.961. The van der Waals surface area contributed by atoms with Gasteiger partial charge in [-0.3, -0.25) is 0 Å². The standard InChI is InChI=1S/C12H19NO/c1-3-12(9-14)13-8-11-6-4-5-10(2)7-11/h4-7,12-14H,3,8-9H2,1-2H3/t12-/m0/s1. The average Bonchev–Trinajstić information content (AvgIpc) is 2.19. The van der Waals surface area contributed by atoms with E-state index in [4.69, 9.17) is 5.11 Å². The molecule has 0 fully saturated rings. The van der Waals surface area contributed by atoms with E-state index >= 15 is 0 Å². The van der Waals surface area contributed by atoms with Gasteiger partial charge in [-0.05, 0) is 18.9 Å². The lowest BCUT2D eigenvalue weighted by Gasteiger charge is -2.13. The fourth-order valence-corrected chi connectivity index (χ4v) is 1.42. The van der Waals surface area contributed by atoms with Crippen molar-refractivity contribution in [2.45, 2.75) is 32.9 Å². The van der Waals surface area contributed by atoms with E-state index in [1.165, 1.54) is 11.1 Å². The lowest BCUT2D eigenvalue weighted by molar-refractivity contribution is 0.238. The van der Waals surface area contributed by atoms with Gasteiger partial charge in [-0.2, -0.15) is 0 Å². The van der Waals surface area contributed by atoms with Crippen molar-refractivity contribution in [2.24, 2.45) is 0 Å². The highest BCUT2D eigenvalue weighted by atomic mass is 16.3. The maximum atomic E-state index is 9.00. The zero-order chi connectivity index (χ0) is 10.4. The molecular formula is C12H19NO. The molecule has 2 nitrogen and oxygen atoms in total. The lowest BCUT2D eigenvalue weighted by atomic mass is 10.1. The van der Waals surface area contributed by atoms with Crippen LogP contribution in [-0.2, 0) is 6.54 Å². The van der Waals surface area contributed by atoms with E-state index in [0.29, 0.717) is 0 Å². The molecule has 78 valence electrons. The van der Waals surface area contributed by atoms with E-state index in [-0.39, 0.29) is 12.6 Å². The molecule has 0 radical (unpaired) electrons. The second-order valence-electron chi connectivity index (χ2n) is 3.66. The van der Waals surface area contributed by atoms with Crippen LogP contribution in [0.2, 0.25) is 0 Å². The van der Waals surface area contributed by atoms with Gasteiger partial charge in [0.2, 0.25) is 0 Å². The van der Waals surface area contributed by atoms with Crippen molar-refractivity contribution < 1.29 is 5.11 Å². The third-order valence-electron chi connectivity index (χ3n) is 2.39. The van der Waals surface area contributed by atoms with Crippen molar-refractivity contribution in [2.75, 3.05) is 6.61 Å². The van der Waals surface area contributed by atoms with Crippen molar-refractivity contribution in [1.82, 2.24) is 5.32 Å². The van der Waals surface area contributed by atoms with Crippen LogP contribution >= 0.6 is 0 Å². The van der Waals surface area contributed by atoms with Crippen molar-refractivity contribution in [3.8, 4) is 0 Å². The number of aliphatic hydroxyl groups is 1. The minimum Gasteiger partial charge on any atom is -0.395 e. The zero-order valence-corrected chi connectivity index (χ0v) is 8.96. The van der Waals surface area contributed by atoms with Gasteiger partial charge in [0, 0.05) is 12.6 Å². The molecular weight excluding hydrogens is 174 g/mol. The van der Waals surface area contributed by atoms with Crippen LogP contribution < -0.4 is 5.32 Å². The van der Waals surface area contributed by atoms with Crippen LogP contribution in [0.5, 0.6) is 0 Å². The summed E-state index contributed by atoms with van der Waals surface area (Å²) >= 11 is 0. The molecule has 0 aromatic heterocycles. The van der Waals surface area contributed by atoms with Gasteiger partial charge < -0.3 is 10.4 Å².